The minimum Gasteiger partial charge on any atom is -0.468 e. The van der Waals surface area contributed by atoms with Crippen LogP contribution in [0.25, 0.3) is 0 Å². The Kier molecular flexibility index (Phi) is 3.87. The Morgan fingerprint density at radius 1 is 1.50 bits per heavy atom. The molecule has 0 aromatic heterocycles. The van der Waals surface area contributed by atoms with Crippen LogP contribution in [-0.4, -0.2) is 32.0 Å². The van der Waals surface area contributed by atoms with Gasteiger partial charge in [-0.15, -0.1) is 0 Å². The molecule has 1 atom stereocenters. The number of ketones is 1. The van der Waals surface area contributed by atoms with Crippen molar-refractivity contribution in [3.63, 3.8) is 0 Å². The molecule has 1 aliphatic heterocycles. The van der Waals surface area contributed by atoms with Gasteiger partial charge in [0.2, 0.25) is 0 Å². The highest BCUT2D eigenvalue weighted by molar-refractivity contribution is 6.30. The van der Waals surface area contributed by atoms with E-state index in [-0.39, 0.29) is 5.78 Å². The number of hydrogen-bond donors (Lipinski definition) is 0. The Hall–Kier alpha value is -1.55. The van der Waals surface area contributed by atoms with Crippen LogP contribution in [0.4, 0.5) is 5.69 Å². The molecule has 1 fully saturated rings. The third-order valence-electron chi connectivity index (χ3n) is 3.08. The minimum absolute atomic E-state index is 0.0554. The van der Waals surface area contributed by atoms with Crippen LogP contribution < -0.4 is 4.90 Å². The number of hydrogen-bond acceptors (Lipinski definition) is 4. The van der Waals surface area contributed by atoms with Gasteiger partial charge < -0.3 is 9.64 Å². The third kappa shape index (κ3) is 2.64. The molecule has 0 N–H and O–H groups in total. The monoisotopic (exact) mass is 267 g/mol. The van der Waals surface area contributed by atoms with E-state index in [9.17, 15) is 9.59 Å². The van der Waals surface area contributed by atoms with Crippen molar-refractivity contribution in [1.82, 2.24) is 0 Å². The number of carbonyl (C=O) groups excluding carboxylic acids is 2. The van der Waals surface area contributed by atoms with Crippen LogP contribution in [-0.2, 0) is 14.3 Å². The van der Waals surface area contributed by atoms with Crippen LogP contribution in [0.3, 0.4) is 0 Å². The summed E-state index contributed by atoms with van der Waals surface area (Å²) in [6, 6.07) is 7.38. The molecular formula is C13H14ClNO3. The second-order valence-electron chi connectivity index (χ2n) is 4.22. The van der Waals surface area contributed by atoms with Gasteiger partial charge in [0.15, 0.2) is 5.78 Å². The molecule has 96 valence electrons. The molecular weight excluding hydrogens is 254 g/mol. The lowest BCUT2D eigenvalue weighted by atomic mass is 9.96. The van der Waals surface area contributed by atoms with E-state index in [0.717, 1.165) is 5.69 Å². The molecule has 1 unspecified atom stereocenters. The van der Waals surface area contributed by atoms with Gasteiger partial charge in [-0.3, -0.25) is 9.59 Å². The predicted octanol–water partition coefficient (Wildman–Crippen LogP) is 1.91. The molecule has 18 heavy (non-hydrogen) atoms. The molecule has 0 bridgehead atoms. The number of anilines is 1. The Balaban J connectivity index is 2.17. The lowest BCUT2D eigenvalue weighted by Gasteiger charge is -2.32. The van der Waals surface area contributed by atoms with Crippen molar-refractivity contribution in [2.75, 3.05) is 25.1 Å². The van der Waals surface area contributed by atoms with Gasteiger partial charge in [-0.1, -0.05) is 17.7 Å². The predicted molar refractivity (Wildman–Crippen MR) is 68.8 cm³/mol. The summed E-state index contributed by atoms with van der Waals surface area (Å²) in [7, 11) is 1.30. The molecule has 5 heteroatoms. The average Bonchev–Trinajstić information content (AvgIpc) is 2.38. The fraction of sp³-hybridized carbons (Fsp3) is 0.385. The molecule has 0 amide bonds. The number of ether oxygens (including phenoxy) is 1. The van der Waals surface area contributed by atoms with Crippen molar-refractivity contribution >= 4 is 29.0 Å². The number of nitrogens with zero attached hydrogens (tertiary/aromatic N) is 1. The first kappa shape index (κ1) is 12.9. The molecule has 1 heterocycles. The van der Waals surface area contributed by atoms with Crippen LogP contribution in [0, 0.1) is 5.92 Å². The minimum atomic E-state index is -0.692. The lowest BCUT2D eigenvalue weighted by Crippen LogP contribution is -2.44. The molecule has 1 aromatic carbocycles. The Morgan fingerprint density at radius 2 is 2.28 bits per heavy atom. The molecule has 4 nitrogen and oxygen atoms in total. The van der Waals surface area contributed by atoms with E-state index < -0.39 is 11.9 Å². The van der Waals surface area contributed by atoms with Crippen molar-refractivity contribution < 1.29 is 14.3 Å². The number of Topliss-reactive ketones (excluding diaryl/α,β-unsaturated/α-hetero) is 1. The summed E-state index contributed by atoms with van der Waals surface area (Å²) >= 11 is 5.93. The Labute approximate surface area is 110 Å². The summed E-state index contributed by atoms with van der Waals surface area (Å²) in [6.07, 6.45) is 0.353. The molecule has 1 aliphatic rings. The zero-order chi connectivity index (χ0) is 13.1. The zero-order valence-corrected chi connectivity index (χ0v) is 10.8. The van der Waals surface area contributed by atoms with Crippen LogP contribution in [0.1, 0.15) is 6.42 Å². The van der Waals surface area contributed by atoms with Crippen molar-refractivity contribution in [2.45, 2.75) is 6.42 Å². The first-order valence-electron chi connectivity index (χ1n) is 5.73. The van der Waals surface area contributed by atoms with Crippen LogP contribution in [0.2, 0.25) is 5.02 Å². The standard InChI is InChI=1S/C13H14ClNO3/c1-18-13(17)11-8-15(6-5-12(11)16)10-4-2-3-9(14)7-10/h2-4,7,11H,5-6,8H2,1H3. The first-order chi connectivity index (χ1) is 8.61. The van der Waals surface area contributed by atoms with Gasteiger partial charge in [-0.05, 0) is 18.2 Å². The largest absolute Gasteiger partial charge is 0.468 e. The summed E-state index contributed by atoms with van der Waals surface area (Å²) in [5.41, 5.74) is 0.920. The smallest absolute Gasteiger partial charge is 0.318 e. The number of benzene rings is 1. The van der Waals surface area contributed by atoms with E-state index in [1.807, 2.05) is 23.1 Å². The maximum atomic E-state index is 11.7. The van der Waals surface area contributed by atoms with Crippen LogP contribution in [0.5, 0.6) is 0 Å². The van der Waals surface area contributed by atoms with Crippen molar-refractivity contribution in [2.24, 2.45) is 5.92 Å². The molecule has 0 aliphatic carbocycles. The Bertz CT molecular complexity index is 467. The number of rotatable bonds is 2. The van der Waals surface area contributed by atoms with E-state index in [2.05, 4.69) is 4.74 Å². The molecule has 0 saturated carbocycles. The third-order valence-corrected chi connectivity index (χ3v) is 3.31. The number of piperidine rings is 1. The van der Waals surface area contributed by atoms with Gasteiger partial charge in [0.1, 0.15) is 5.92 Å². The topological polar surface area (TPSA) is 46.6 Å². The maximum Gasteiger partial charge on any atom is 0.318 e. The highest BCUT2D eigenvalue weighted by Crippen LogP contribution is 2.24. The number of methoxy groups -OCH3 is 1. The second-order valence-corrected chi connectivity index (χ2v) is 4.65. The van der Waals surface area contributed by atoms with Crippen molar-refractivity contribution in [3.05, 3.63) is 29.3 Å². The highest BCUT2D eigenvalue weighted by Gasteiger charge is 2.33. The summed E-state index contributed by atoms with van der Waals surface area (Å²) < 4.78 is 4.66. The molecule has 2 rings (SSSR count). The average molecular weight is 268 g/mol. The van der Waals surface area contributed by atoms with E-state index >= 15 is 0 Å². The fourth-order valence-electron chi connectivity index (χ4n) is 2.09. The van der Waals surface area contributed by atoms with E-state index in [1.165, 1.54) is 7.11 Å². The van der Waals surface area contributed by atoms with Gasteiger partial charge in [-0.2, -0.15) is 0 Å². The number of esters is 1. The maximum absolute atomic E-state index is 11.7. The quantitative estimate of drug-likeness (QED) is 0.607. The molecule has 0 spiro atoms. The summed E-state index contributed by atoms with van der Waals surface area (Å²) in [5.74, 6) is -1.21. The van der Waals surface area contributed by atoms with Crippen LogP contribution in [0.15, 0.2) is 24.3 Å². The van der Waals surface area contributed by atoms with Gasteiger partial charge in [0, 0.05) is 30.2 Å². The molecule has 1 aromatic rings. The summed E-state index contributed by atoms with van der Waals surface area (Å²) in [4.78, 5) is 25.2. The summed E-state index contributed by atoms with van der Waals surface area (Å²) in [6.45, 7) is 0.957. The SMILES string of the molecule is COC(=O)C1CN(c2cccc(Cl)c2)CCC1=O. The number of halogens is 1. The van der Waals surface area contributed by atoms with E-state index in [0.29, 0.717) is 24.5 Å². The normalized spacial score (nSPS) is 19.8. The lowest BCUT2D eigenvalue weighted by molar-refractivity contribution is -0.149. The highest BCUT2D eigenvalue weighted by atomic mass is 35.5. The zero-order valence-electron chi connectivity index (χ0n) is 10.1. The number of carbonyl (C=O) groups is 2. The first-order valence-corrected chi connectivity index (χ1v) is 6.10. The van der Waals surface area contributed by atoms with Gasteiger partial charge >= 0.3 is 5.97 Å². The molecule has 1 saturated heterocycles. The second kappa shape index (κ2) is 5.40. The summed E-state index contributed by atoms with van der Waals surface area (Å²) in [5, 5.41) is 0.638. The van der Waals surface area contributed by atoms with Gasteiger partial charge in [0.05, 0.1) is 7.11 Å². The van der Waals surface area contributed by atoms with Gasteiger partial charge in [-0.25, -0.2) is 0 Å². The van der Waals surface area contributed by atoms with E-state index in [4.69, 9.17) is 11.6 Å². The van der Waals surface area contributed by atoms with E-state index in [1.54, 1.807) is 6.07 Å². The molecule has 0 radical (unpaired) electrons. The van der Waals surface area contributed by atoms with Crippen molar-refractivity contribution in [1.29, 1.82) is 0 Å². The Morgan fingerprint density at radius 3 is 2.94 bits per heavy atom. The fourth-order valence-corrected chi connectivity index (χ4v) is 2.27. The van der Waals surface area contributed by atoms with Crippen LogP contribution >= 0.6 is 11.6 Å². The van der Waals surface area contributed by atoms with Gasteiger partial charge in [0.25, 0.3) is 0 Å². The van der Waals surface area contributed by atoms with Crippen molar-refractivity contribution in [3.8, 4) is 0 Å².